The third kappa shape index (κ3) is 5.69. The number of thioether (sulfide) groups is 1. The second kappa shape index (κ2) is 9.00. The van der Waals surface area contributed by atoms with Gasteiger partial charge in [-0.3, -0.25) is 14.6 Å². The summed E-state index contributed by atoms with van der Waals surface area (Å²) in [7, 11) is 0. The summed E-state index contributed by atoms with van der Waals surface area (Å²) in [5, 5.41) is 5.54. The van der Waals surface area contributed by atoms with Gasteiger partial charge in [-0.2, -0.15) is 0 Å². The summed E-state index contributed by atoms with van der Waals surface area (Å²) in [6.45, 7) is 1.43. The smallest absolute Gasteiger partial charge is 0.255 e. The molecule has 1 aromatic heterocycles. The van der Waals surface area contributed by atoms with Crippen LogP contribution in [0.5, 0.6) is 0 Å². The first-order valence-electron chi connectivity index (χ1n) is 8.41. The third-order valence-corrected chi connectivity index (χ3v) is 4.77. The Morgan fingerprint density at radius 3 is 2.48 bits per heavy atom. The predicted octanol–water partition coefficient (Wildman–Crippen LogP) is 4.58. The first-order chi connectivity index (χ1) is 13.1. The van der Waals surface area contributed by atoms with Crippen LogP contribution in [0, 0.1) is 0 Å². The highest BCUT2D eigenvalue weighted by Crippen LogP contribution is 2.24. The van der Waals surface area contributed by atoms with E-state index in [1.807, 2.05) is 42.6 Å². The Bertz CT molecular complexity index is 928. The van der Waals surface area contributed by atoms with E-state index in [-0.39, 0.29) is 11.8 Å². The minimum absolute atomic E-state index is 0.174. The van der Waals surface area contributed by atoms with Crippen molar-refractivity contribution < 1.29 is 9.59 Å². The van der Waals surface area contributed by atoms with E-state index in [1.54, 1.807) is 42.2 Å². The molecule has 0 fully saturated rings. The van der Waals surface area contributed by atoms with Gasteiger partial charge >= 0.3 is 0 Å². The number of benzene rings is 2. The van der Waals surface area contributed by atoms with Gasteiger partial charge < -0.3 is 10.6 Å². The van der Waals surface area contributed by atoms with Gasteiger partial charge in [0.15, 0.2) is 0 Å². The van der Waals surface area contributed by atoms with Crippen LogP contribution in [0.25, 0.3) is 0 Å². The van der Waals surface area contributed by atoms with E-state index < -0.39 is 0 Å². The molecule has 2 amide bonds. The van der Waals surface area contributed by atoms with Crippen molar-refractivity contribution in [3.05, 3.63) is 84.2 Å². The highest BCUT2D eigenvalue weighted by molar-refractivity contribution is 7.98. The summed E-state index contributed by atoms with van der Waals surface area (Å²) >= 11 is 1.71. The van der Waals surface area contributed by atoms with Crippen LogP contribution in [0.4, 0.5) is 11.4 Å². The number of hydrogen-bond donors (Lipinski definition) is 2. The van der Waals surface area contributed by atoms with E-state index in [2.05, 4.69) is 15.6 Å². The fourth-order valence-electron chi connectivity index (χ4n) is 2.43. The number of amides is 2. The molecule has 6 heteroatoms. The maximum Gasteiger partial charge on any atom is 0.255 e. The van der Waals surface area contributed by atoms with E-state index in [0.717, 1.165) is 16.3 Å². The average molecular weight is 377 g/mol. The molecule has 0 aliphatic rings. The zero-order valence-corrected chi connectivity index (χ0v) is 15.6. The topological polar surface area (TPSA) is 71.1 Å². The quantitative estimate of drug-likeness (QED) is 0.617. The van der Waals surface area contributed by atoms with Crippen LogP contribution in [0.1, 0.15) is 22.8 Å². The number of carbonyl (C=O) groups is 2. The first kappa shape index (κ1) is 18.7. The number of pyridine rings is 1. The highest BCUT2D eigenvalue weighted by atomic mass is 32.2. The van der Waals surface area contributed by atoms with Gasteiger partial charge in [0.05, 0.1) is 0 Å². The summed E-state index contributed by atoms with van der Waals surface area (Å²) < 4.78 is 0. The molecule has 0 aliphatic carbocycles. The van der Waals surface area contributed by atoms with Crippen LogP contribution >= 0.6 is 11.8 Å². The Hall–Kier alpha value is -3.12. The van der Waals surface area contributed by atoms with Gasteiger partial charge in [0.2, 0.25) is 5.91 Å². The zero-order valence-electron chi connectivity index (χ0n) is 14.8. The summed E-state index contributed by atoms with van der Waals surface area (Å²) in [6, 6.07) is 18.5. The van der Waals surface area contributed by atoms with Gasteiger partial charge in [0.1, 0.15) is 0 Å². The maximum atomic E-state index is 12.4. The second-order valence-electron chi connectivity index (χ2n) is 5.89. The Labute approximate surface area is 162 Å². The van der Waals surface area contributed by atoms with E-state index >= 15 is 0 Å². The molecule has 2 N–H and O–H groups in total. The van der Waals surface area contributed by atoms with Crippen LogP contribution in [0.3, 0.4) is 0 Å². The van der Waals surface area contributed by atoms with Gasteiger partial charge in [-0.15, -0.1) is 11.8 Å². The van der Waals surface area contributed by atoms with Gasteiger partial charge in [-0.25, -0.2) is 0 Å². The molecule has 0 unspecified atom stereocenters. The van der Waals surface area contributed by atoms with Crippen molar-refractivity contribution in [2.75, 3.05) is 10.6 Å². The summed E-state index contributed by atoms with van der Waals surface area (Å²) in [4.78, 5) is 28.8. The second-order valence-corrected chi connectivity index (χ2v) is 6.94. The monoisotopic (exact) mass is 377 g/mol. The Morgan fingerprint density at radius 2 is 1.78 bits per heavy atom. The lowest BCUT2D eigenvalue weighted by Gasteiger charge is -2.08. The van der Waals surface area contributed by atoms with Crippen molar-refractivity contribution in [2.45, 2.75) is 17.6 Å². The Balaban J connectivity index is 1.59. The number of rotatable bonds is 6. The normalized spacial score (nSPS) is 10.3. The lowest BCUT2D eigenvalue weighted by Crippen LogP contribution is -2.13. The van der Waals surface area contributed by atoms with Crippen LogP contribution in [0.2, 0.25) is 0 Å². The molecule has 1 heterocycles. The maximum absolute atomic E-state index is 12.4. The molecule has 27 heavy (non-hydrogen) atoms. The standard InChI is InChI=1S/C21H19N3O2S/c1-15(25)23-19-6-2-5-17(12-19)21(26)24-18-7-9-20(10-8-18)27-14-16-4-3-11-22-13-16/h2-13H,14H2,1H3,(H,23,25)(H,24,26). The van der Waals surface area contributed by atoms with E-state index in [4.69, 9.17) is 0 Å². The molecule has 0 atom stereocenters. The van der Waals surface area contributed by atoms with E-state index in [9.17, 15) is 9.59 Å². The van der Waals surface area contributed by atoms with E-state index in [0.29, 0.717) is 11.3 Å². The molecule has 3 rings (SSSR count). The van der Waals surface area contributed by atoms with Crippen molar-refractivity contribution in [2.24, 2.45) is 0 Å². The molecule has 5 nitrogen and oxygen atoms in total. The fourth-order valence-corrected chi connectivity index (χ4v) is 3.26. The van der Waals surface area contributed by atoms with Gasteiger partial charge in [-0.1, -0.05) is 12.1 Å². The van der Waals surface area contributed by atoms with Gasteiger partial charge in [-0.05, 0) is 54.1 Å². The summed E-state index contributed by atoms with van der Waals surface area (Å²) in [5.41, 5.74) is 2.96. The Morgan fingerprint density at radius 1 is 0.963 bits per heavy atom. The number of carbonyl (C=O) groups excluding carboxylic acids is 2. The fraction of sp³-hybridized carbons (Fsp3) is 0.0952. The molecule has 2 aromatic carbocycles. The van der Waals surface area contributed by atoms with Crippen molar-refractivity contribution in [3.63, 3.8) is 0 Å². The number of hydrogen-bond acceptors (Lipinski definition) is 4. The van der Waals surface area contributed by atoms with Crippen LogP contribution in [0.15, 0.2) is 78.0 Å². The SMILES string of the molecule is CC(=O)Nc1cccc(C(=O)Nc2ccc(SCc3cccnc3)cc2)c1. The summed E-state index contributed by atoms with van der Waals surface area (Å²) in [6.07, 6.45) is 3.62. The number of anilines is 2. The van der Waals surface area contributed by atoms with Crippen LogP contribution in [-0.2, 0) is 10.5 Å². The third-order valence-electron chi connectivity index (χ3n) is 3.69. The Kier molecular flexibility index (Phi) is 6.22. The molecule has 0 spiro atoms. The van der Waals surface area contributed by atoms with Crippen LogP contribution in [-0.4, -0.2) is 16.8 Å². The minimum atomic E-state index is -0.224. The molecule has 0 aliphatic heterocycles. The highest BCUT2D eigenvalue weighted by Gasteiger charge is 2.07. The molecular formula is C21H19N3O2S. The molecule has 0 bridgehead atoms. The van der Waals surface area contributed by atoms with Crippen molar-refractivity contribution in [1.29, 1.82) is 0 Å². The van der Waals surface area contributed by atoms with Gasteiger partial charge in [0, 0.05) is 46.9 Å². The first-order valence-corrected chi connectivity index (χ1v) is 9.39. The largest absolute Gasteiger partial charge is 0.326 e. The van der Waals surface area contributed by atoms with E-state index in [1.165, 1.54) is 12.5 Å². The zero-order chi connectivity index (χ0) is 19.1. The molecule has 0 saturated heterocycles. The molecule has 0 saturated carbocycles. The van der Waals surface area contributed by atoms with Gasteiger partial charge in [0.25, 0.3) is 5.91 Å². The predicted molar refractivity (Wildman–Crippen MR) is 109 cm³/mol. The number of nitrogens with one attached hydrogen (secondary N) is 2. The van der Waals surface area contributed by atoms with Crippen LogP contribution < -0.4 is 10.6 Å². The van der Waals surface area contributed by atoms with Crippen molar-refractivity contribution >= 4 is 35.0 Å². The molecule has 0 radical (unpaired) electrons. The summed E-state index contributed by atoms with van der Waals surface area (Å²) in [5.74, 6) is 0.445. The van der Waals surface area contributed by atoms with Crippen molar-refractivity contribution in [1.82, 2.24) is 4.98 Å². The lowest BCUT2D eigenvalue weighted by atomic mass is 10.2. The molecule has 136 valence electrons. The lowest BCUT2D eigenvalue weighted by molar-refractivity contribution is -0.114. The minimum Gasteiger partial charge on any atom is -0.326 e. The molecular weight excluding hydrogens is 358 g/mol. The average Bonchev–Trinajstić information content (AvgIpc) is 2.68. The van der Waals surface area contributed by atoms with Crippen molar-refractivity contribution in [3.8, 4) is 0 Å². The number of nitrogens with zero attached hydrogens (tertiary/aromatic N) is 1. The number of aromatic nitrogens is 1. The molecule has 3 aromatic rings.